The van der Waals surface area contributed by atoms with Gasteiger partial charge >= 0.3 is 6.09 Å². The van der Waals surface area contributed by atoms with Gasteiger partial charge in [-0.3, -0.25) is 0 Å². The zero-order valence-corrected chi connectivity index (χ0v) is 12.6. The van der Waals surface area contributed by atoms with Crippen LogP contribution in [-0.2, 0) is 17.6 Å². The van der Waals surface area contributed by atoms with E-state index in [2.05, 4.69) is 17.2 Å². The van der Waals surface area contributed by atoms with E-state index in [0.29, 0.717) is 6.54 Å². The van der Waals surface area contributed by atoms with Gasteiger partial charge in [-0.15, -0.1) is 11.3 Å². The number of nitrogens with one attached hydrogen (secondary N) is 1. The van der Waals surface area contributed by atoms with Gasteiger partial charge in [0.1, 0.15) is 5.60 Å². The molecule has 0 saturated heterocycles. The van der Waals surface area contributed by atoms with Crippen molar-refractivity contribution in [2.75, 3.05) is 6.54 Å². The quantitative estimate of drug-likeness (QED) is 0.914. The summed E-state index contributed by atoms with van der Waals surface area (Å²) in [6, 6.07) is 0. The lowest BCUT2D eigenvalue weighted by Crippen LogP contribution is -2.33. The normalized spacial score (nSPS) is 11.4. The lowest BCUT2D eigenvalue weighted by molar-refractivity contribution is 0.0528. The second-order valence-corrected chi connectivity index (χ2v) is 6.32. The molecule has 5 heteroatoms. The van der Waals surface area contributed by atoms with Crippen molar-refractivity contribution in [1.82, 2.24) is 10.3 Å². The van der Waals surface area contributed by atoms with Gasteiger partial charge in [0.2, 0.25) is 0 Å². The fourth-order valence-corrected chi connectivity index (χ4v) is 2.52. The van der Waals surface area contributed by atoms with Crippen molar-refractivity contribution in [3.63, 3.8) is 0 Å². The van der Waals surface area contributed by atoms with Gasteiger partial charge in [-0.25, -0.2) is 9.78 Å². The molecule has 1 heterocycles. The highest BCUT2D eigenvalue weighted by atomic mass is 32.1. The molecule has 0 radical (unpaired) electrons. The summed E-state index contributed by atoms with van der Waals surface area (Å²) in [6.45, 7) is 10.3. The van der Waals surface area contributed by atoms with Crippen molar-refractivity contribution in [3.8, 4) is 0 Å². The smallest absolute Gasteiger partial charge is 0.407 e. The number of amides is 1. The molecule has 0 spiro atoms. The van der Waals surface area contributed by atoms with Gasteiger partial charge in [-0.2, -0.15) is 0 Å². The fourth-order valence-electron chi connectivity index (χ4n) is 1.51. The van der Waals surface area contributed by atoms with Gasteiger partial charge in [0.15, 0.2) is 0 Å². The first-order valence-corrected chi connectivity index (χ1v) is 7.05. The molecular weight excluding hydrogens is 248 g/mol. The number of aryl methyl sites for hydroxylation is 2. The highest BCUT2D eigenvalue weighted by Gasteiger charge is 2.15. The lowest BCUT2D eigenvalue weighted by atomic mass is 10.2. The van der Waals surface area contributed by atoms with Crippen molar-refractivity contribution in [2.45, 2.75) is 53.1 Å². The molecule has 0 fully saturated rings. The minimum atomic E-state index is -0.447. The van der Waals surface area contributed by atoms with Gasteiger partial charge in [-0.05, 0) is 34.1 Å². The van der Waals surface area contributed by atoms with Crippen LogP contribution in [0.4, 0.5) is 4.79 Å². The lowest BCUT2D eigenvalue weighted by Gasteiger charge is -2.19. The van der Waals surface area contributed by atoms with Gasteiger partial charge in [0, 0.05) is 17.8 Å². The predicted molar refractivity (Wildman–Crippen MR) is 74.2 cm³/mol. The number of carbonyl (C=O) groups excluding carboxylic acids is 1. The summed E-state index contributed by atoms with van der Waals surface area (Å²) >= 11 is 1.72. The molecule has 1 aromatic heterocycles. The molecule has 0 aromatic carbocycles. The van der Waals surface area contributed by atoms with E-state index in [0.717, 1.165) is 23.5 Å². The number of hydrogen-bond donors (Lipinski definition) is 1. The molecule has 1 N–H and O–H groups in total. The molecule has 0 atom stereocenters. The van der Waals surface area contributed by atoms with Crippen LogP contribution in [-0.4, -0.2) is 23.2 Å². The van der Waals surface area contributed by atoms with Gasteiger partial charge < -0.3 is 10.1 Å². The Balaban J connectivity index is 2.35. The summed E-state index contributed by atoms with van der Waals surface area (Å²) in [6.07, 6.45) is 1.40. The highest BCUT2D eigenvalue weighted by Crippen LogP contribution is 2.18. The maximum absolute atomic E-state index is 11.4. The zero-order chi connectivity index (χ0) is 13.8. The van der Waals surface area contributed by atoms with E-state index in [1.165, 1.54) is 4.88 Å². The van der Waals surface area contributed by atoms with Crippen LogP contribution < -0.4 is 5.32 Å². The van der Waals surface area contributed by atoms with Crippen molar-refractivity contribution in [2.24, 2.45) is 0 Å². The number of alkyl carbamates (subject to hydrolysis) is 1. The number of nitrogens with zero attached hydrogens (tertiary/aromatic N) is 1. The average Bonchev–Trinajstić information content (AvgIpc) is 2.56. The van der Waals surface area contributed by atoms with Crippen molar-refractivity contribution >= 4 is 17.4 Å². The maximum Gasteiger partial charge on any atom is 0.407 e. The molecule has 0 unspecified atom stereocenters. The molecule has 1 amide bonds. The monoisotopic (exact) mass is 270 g/mol. The van der Waals surface area contributed by atoms with E-state index < -0.39 is 5.60 Å². The Morgan fingerprint density at radius 3 is 2.61 bits per heavy atom. The van der Waals surface area contributed by atoms with Crippen LogP contribution >= 0.6 is 11.3 Å². The number of aromatic nitrogens is 1. The summed E-state index contributed by atoms with van der Waals surface area (Å²) in [4.78, 5) is 17.2. The van der Waals surface area contributed by atoms with E-state index in [1.54, 1.807) is 11.3 Å². The average molecular weight is 270 g/mol. The number of thiazole rings is 1. The Labute approximate surface area is 113 Å². The third-order valence-electron chi connectivity index (χ3n) is 2.27. The molecule has 1 aromatic rings. The first kappa shape index (κ1) is 15.0. The summed E-state index contributed by atoms with van der Waals surface area (Å²) in [5.74, 6) is 0. The number of rotatable bonds is 4. The van der Waals surface area contributed by atoms with Crippen LogP contribution in [0.25, 0.3) is 0 Å². The molecule has 0 saturated carbocycles. The van der Waals surface area contributed by atoms with Crippen LogP contribution in [0.3, 0.4) is 0 Å². The Morgan fingerprint density at radius 2 is 2.11 bits per heavy atom. The molecule has 0 bridgehead atoms. The zero-order valence-electron chi connectivity index (χ0n) is 11.8. The van der Waals surface area contributed by atoms with Crippen LogP contribution in [0.15, 0.2) is 0 Å². The van der Waals surface area contributed by atoms with Gasteiger partial charge in [0.05, 0.1) is 10.7 Å². The van der Waals surface area contributed by atoms with Crippen LogP contribution in [0.5, 0.6) is 0 Å². The first-order chi connectivity index (χ1) is 8.31. The summed E-state index contributed by atoms with van der Waals surface area (Å²) in [7, 11) is 0. The van der Waals surface area contributed by atoms with E-state index in [4.69, 9.17) is 4.74 Å². The number of carbonyl (C=O) groups is 1. The summed E-state index contributed by atoms with van der Waals surface area (Å²) in [5, 5.41) is 3.81. The molecular formula is C13H22N2O2S. The summed E-state index contributed by atoms with van der Waals surface area (Å²) in [5.41, 5.74) is 0.659. The Bertz CT molecular complexity index is 408. The van der Waals surface area contributed by atoms with Gasteiger partial charge in [-0.1, -0.05) is 6.92 Å². The van der Waals surface area contributed by atoms with E-state index in [9.17, 15) is 4.79 Å². The minimum Gasteiger partial charge on any atom is -0.444 e. The third kappa shape index (κ3) is 5.04. The van der Waals surface area contributed by atoms with Gasteiger partial charge in [0.25, 0.3) is 0 Å². The molecule has 1 rings (SSSR count). The van der Waals surface area contributed by atoms with E-state index in [-0.39, 0.29) is 6.09 Å². The predicted octanol–water partition coefficient (Wildman–Crippen LogP) is 3.08. The van der Waals surface area contributed by atoms with Crippen molar-refractivity contribution in [1.29, 1.82) is 0 Å². The Hall–Kier alpha value is -1.10. The summed E-state index contributed by atoms with van der Waals surface area (Å²) < 4.78 is 5.16. The van der Waals surface area contributed by atoms with Crippen molar-refractivity contribution < 1.29 is 9.53 Å². The number of ether oxygens (including phenoxy) is 1. The first-order valence-electron chi connectivity index (χ1n) is 6.24. The molecule has 0 aliphatic rings. The van der Waals surface area contributed by atoms with E-state index in [1.807, 2.05) is 27.7 Å². The van der Waals surface area contributed by atoms with Crippen LogP contribution in [0.1, 0.15) is 43.3 Å². The second kappa shape index (κ2) is 6.18. The molecule has 18 heavy (non-hydrogen) atoms. The minimum absolute atomic E-state index is 0.369. The second-order valence-electron chi connectivity index (χ2n) is 5.15. The SMILES string of the molecule is CCc1sc(CCNC(=O)OC(C)(C)C)nc1C. The number of hydrogen-bond acceptors (Lipinski definition) is 4. The Kier molecular flexibility index (Phi) is 5.14. The fraction of sp³-hybridized carbons (Fsp3) is 0.692. The molecule has 4 nitrogen and oxygen atoms in total. The molecule has 102 valence electrons. The highest BCUT2D eigenvalue weighted by molar-refractivity contribution is 7.11. The molecule has 0 aliphatic heterocycles. The van der Waals surface area contributed by atoms with Crippen molar-refractivity contribution in [3.05, 3.63) is 15.6 Å². The topological polar surface area (TPSA) is 51.2 Å². The van der Waals surface area contributed by atoms with Crippen LogP contribution in [0, 0.1) is 6.92 Å². The van der Waals surface area contributed by atoms with E-state index >= 15 is 0 Å². The molecule has 0 aliphatic carbocycles. The largest absolute Gasteiger partial charge is 0.444 e. The third-order valence-corrected chi connectivity index (χ3v) is 3.63. The Morgan fingerprint density at radius 1 is 1.44 bits per heavy atom. The maximum atomic E-state index is 11.4. The van der Waals surface area contributed by atoms with Crippen LogP contribution in [0.2, 0.25) is 0 Å². The standard InChI is InChI=1S/C13H22N2O2S/c1-6-10-9(2)15-11(18-10)7-8-14-12(16)17-13(3,4)5/h6-8H2,1-5H3,(H,14,16).